The van der Waals surface area contributed by atoms with Gasteiger partial charge < -0.3 is 9.80 Å². The van der Waals surface area contributed by atoms with E-state index in [0.717, 1.165) is 23.6 Å². The molecule has 1 aromatic heterocycles. The second-order valence-electron chi connectivity index (χ2n) is 5.98. The van der Waals surface area contributed by atoms with Crippen LogP contribution in [0.1, 0.15) is 16.8 Å². The average Bonchev–Trinajstić information content (AvgIpc) is 2.67. The molecular weight excluding hydrogens is 293 g/mol. The first kappa shape index (κ1) is 15.5. The van der Waals surface area contributed by atoms with Crippen molar-refractivity contribution in [3.05, 3.63) is 59.0 Å². The van der Waals surface area contributed by atoms with Crippen molar-refractivity contribution in [3.8, 4) is 0 Å². The molecule has 0 atom stereocenters. The third kappa shape index (κ3) is 3.50. The molecule has 1 aliphatic heterocycles. The zero-order chi connectivity index (χ0) is 16.4. The van der Waals surface area contributed by atoms with Crippen LogP contribution in [0.15, 0.2) is 36.4 Å². The maximum absolute atomic E-state index is 13.3. The smallest absolute Gasteiger partial charge is 0.227 e. The van der Waals surface area contributed by atoms with E-state index in [1.165, 1.54) is 12.1 Å². The Bertz CT molecular complexity index is 732. The summed E-state index contributed by atoms with van der Waals surface area (Å²) >= 11 is 0. The monoisotopic (exact) mass is 313 g/mol. The second kappa shape index (κ2) is 6.36. The van der Waals surface area contributed by atoms with E-state index < -0.39 is 0 Å². The van der Waals surface area contributed by atoms with Crippen LogP contribution in [0.4, 0.5) is 10.2 Å². The third-order valence-electron chi connectivity index (χ3n) is 4.12. The van der Waals surface area contributed by atoms with E-state index in [2.05, 4.69) is 9.88 Å². The summed E-state index contributed by atoms with van der Waals surface area (Å²) < 4.78 is 13.3. The van der Waals surface area contributed by atoms with E-state index in [1.807, 2.05) is 31.0 Å². The van der Waals surface area contributed by atoms with E-state index in [0.29, 0.717) is 18.7 Å². The van der Waals surface area contributed by atoms with Crippen LogP contribution in [-0.2, 0) is 17.8 Å². The molecular formula is C18H20FN3O. The molecule has 120 valence electrons. The van der Waals surface area contributed by atoms with Crippen LogP contribution < -0.4 is 4.90 Å². The number of rotatable bonds is 2. The minimum Gasteiger partial charge on any atom is -0.358 e. The largest absolute Gasteiger partial charge is 0.358 e. The van der Waals surface area contributed by atoms with Crippen LogP contribution in [0, 0.1) is 12.7 Å². The number of likely N-dealkylation sites (N-methyl/N-ethyl adjacent to an activating group) is 1. The van der Waals surface area contributed by atoms with Gasteiger partial charge in [-0.2, -0.15) is 0 Å². The maximum atomic E-state index is 13.3. The molecule has 0 radical (unpaired) electrons. The van der Waals surface area contributed by atoms with Gasteiger partial charge >= 0.3 is 0 Å². The molecule has 0 N–H and O–H groups in total. The molecule has 3 rings (SSSR count). The van der Waals surface area contributed by atoms with Gasteiger partial charge in [-0.15, -0.1) is 0 Å². The average molecular weight is 313 g/mol. The fourth-order valence-corrected chi connectivity index (χ4v) is 2.83. The van der Waals surface area contributed by atoms with Crippen molar-refractivity contribution in [2.45, 2.75) is 19.9 Å². The Kier molecular flexibility index (Phi) is 4.28. The molecule has 0 saturated carbocycles. The normalized spacial score (nSPS) is 14.4. The van der Waals surface area contributed by atoms with Crippen molar-refractivity contribution in [1.29, 1.82) is 0 Å². The topological polar surface area (TPSA) is 36.4 Å². The zero-order valence-electron chi connectivity index (χ0n) is 13.4. The molecule has 4 nitrogen and oxygen atoms in total. The molecule has 0 saturated heterocycles. The summed E-state index contributed by atoms with van der Waals surface area (Å²) in [5, 5.41) is 0. The molecule has 1 aromatic carbocycles. The lowest BCUT2D eigenvalue weighted by Crippen LogP contribution is -2.35. The number of halogens is 1. The lowest BCUT2D eigenvalue weighted by molar-refractivity contribution is -0.130. The lowest BCUT2D eigenvalue weighted by atomic mass is 10.1. The molecule has 23 heavy (non-hydrogen) atoms. The van der Waals surface area contributed by atoms with Gasteiger partial charge in [0, 0.05) is 37.9 Å². The number of carbonyl (C=O) groups excluding carboxylic acids is 1. The Morgan fingerprint density at radius 2 is 2.09 bits per heavy atom. The highest BCUT2D eigenvalue weighted by atomic mass is 19.1. The Morgan fingerprint density at radius 1 is 1.26 bits per heavy atom. The molecule has 2 aromatic rings. The molecule has 0 fully saturated rings. The van der Waals surface area contributed by atoms with Gasteiger partial charge in [0.1, 0.15) is 11.6 Å². The van der Waals surface area contributed by atoms with Crippen LogP contribution in [0.5, 0.6) is 0 Å². The molecule has 1 aliphatic rings. The van der Waals surface area contributed by atoms with Gasteiger partial charge in [-0.05, 0) is 30.7 Å². The van der Waals surface area contributed by atoms with Crippen molar-refractivity contribution in [2.24, 2.45) is 0 Å². The molecule has 1 amide bonds. The molecule has 0 spiro atoms. The van der Waals surface area contributed by atoms with E-state index >= 15 is 0 Å². The molecule has 5 heteroatoms. The molecule has 0 unspecified atom stereocenters. The summed E-state index contributed by atoms with van der Waals surface area (Å²) in [5.41, 5.74) is 2.72. The van der Waals surface area contributed by atoms with Gasteiger partial charge in [0.15, 0.2) is 0 Å². The summed E-state index contributed by atoms with van der Waals surface area (Å²) in [6.07, 6.45) is 0.218. The maximum Gasteiger partial charge on any atom is 0.227 e. The molecule has 0 bridgehead atoms. The predicted molar refractivity (Wildman–Crippen MR) is 87.8 cm³/mol. The van der Waals surface area contributed by atoms with Gasteiger partial charge in [0.25, 0.3) is 0 Å². The first-order valence-corrected chi connectivity index (χ1v) is 7.73. The van der Waals surface area contributed by atoms with Crippen molar-refractivity contribution in [1.82, 2.24) is 9.88 Å². The summed E-state index contributed by atoms with van der Waals surface area (Å²) in [4.78, 5) is 21.1. The Morgan fingerprint density at radius 3 is 2.87 bits per heavy atom. The van der Waals surface area contributed by atoms with E-state index in [1.54, 1.807) is 12.1 Å². The summed E-state index contributed by atoms with van der Waals surface area (Å²) in [6, 6.07) is 10.2. The predicted octanol–water partition coefficient (Wildman–Crippen LogP) is 2.55. The Hall–Kier alpha value is -2.43. The number of fused-ring (bicyclic) bond motifs is 1. The molecule has 2 heterocycles. The number of benzene rings is 1. The molecule has 0 aliphatic carbocycles. The van der Waals surface area contributed by atoms with Gasteiger partial charge in [-0.1, -0.05) is 18.2 Å². The van der Waals surface area contributed by atoms with Crippen LogP contribution in [0.2, 0.25) is 0 Å². The van der Waals surface area contributed by atoms with Crippen LogP contribution >= 0.6 is 0 Å². The number of pyridine rings is 1. The van der Waals surface area contributed by atoms with Crippen molar-refractivity contribution in [3.63, 3.8) is 0 Å². The highest BCUT2D eigenvalue weighted by Crippen LogP contribution is 2.22. The standard InChI is InChI=1S/C18H20FN3O/c1-13-6-7-15-12-22(9-8-21(2)18(15)20-13)17(23)11-14-4-3-5-16(19)10-14/h3-7,10H,8-9,11-12H2,1-2H3. The highest BCUT2D eigenvalue weighted by molar-refractivity contribution is 5.79. The number of aryl methyl sites for hydroxylation is 1. The number of anilines is 1. The fourth-order valence-electron chi connectivity index (χ4n) is 2.83. The lowest BCUT2D eigenvalue weighted by Gasteiger charge is -2.21. The summed E-state index contributed by atoms with van der Waals surface area (Å²) in [7, 11) is 1.99. The number of nitrogens with zero attached hydrogens (tertiary/aromatic N) is 3. The number of aromatic nitrogens is 1. The zero-order valence-corrected chi connectivity index (χ0v) is 13.4. The van der Waals surface area contributed by atoms with Crippen LogP contribution in [0.3, 0.4) is 0 Å². The van der Waals surface area contributed by atoms with Gasteiger partial charge in [-0.3, -0.25) is 4.79 Å². The third-order valence-corrected chi connectivity index (χ3v) is 4.12. The van der Waals surface area contributed by atoms with Gasteiger partial charge in [-0.25, -0.2) is 9.37 Å². The minimum atomic E-state index is -0.309. The quantitative estimate of drug-likeness (QED) is 0.855. The fraction of sp³-hybridized carbons (Fsp3) is 0.333. The first-order valence-electron chi connectivity index (χ1n) is 7.73. The summed E-state index contributed by atoms with van der Waals surface area (Å²) in [6.45, 7) is 3.88. The van der Waals surface area contributed by atoms with E-state index in [4.69, 9.17) is 0 Å². The van der Waals surface area contributed by atoms with Crippen molar-refractivity contribution >= 4 is 11.7 Å². The van der Waals surface area contributed by atoms with Crippen molar-refractivity contribution < 1.29 is 9.18 Å². The number of amides is 1. The minimum absolute atomic E-state index is 0.0115. The number of hydrogen-bond donors (Lipinski definition) is 0. The highest BCUT2D eigenvalue weighted by Gasteiger charge is 2.22. The van der Waals surface area contributed by atoms with Crippen LogP contribution in [0.25, 0.3) is 0 Å². The van der Waals surface area contributed by atoms with E-state index in [-0.39, 0.29) is 18.1 Å². The number of hydrogen-bond acceptors (Lipinski definition) is 3. The SMILES string of the molecule is Cc1ccc2c(n1)N(C)CCN(C(=O)Cc1cccc(F)c1)C2. The summed E-state index contributed by atoms with van der Waals surface area (Å²) in [5.74, 6) is 0.638. The first-order chi connectivity index (χ1) is 11.0. The van der Waals surface area contributed by atoms with Gasteiger partial charge in [0.05, 0.1) is 6.42 Å². The Labute approximate surface area is 135 Å². The second-order valence-corrected chi connectivity index (χ2v) is 5.98. The van der Waals surface area contributed by atoms with Crippen LogP contribution in [-0.4, -0.2) is 35.9 Å². The van der Waals surface area contributed by atoms with E-state index in [9.17, 15) is 9.18 Å². The van der Waals surface area contributed by atoms with Crippen molar-refractivity contribution in [2.75, 3.05) is 25.0 Å². The number of carbonyl (C=O) groups is 1. The Balaban J connectivity index is 1.78. The van der Waals surface area contributed by atoms with Gasteiger partial charge in [0.2, 0.25) is 5.91 Å².